The Bertz CT molecular complexity index is 3300. The van der Waals surface area contributed by atoms with Gasteiger partial charge in [0.1, 0.15) is 12.3 Å². The van der Waals surface area contributed by atoms with Crippen LogP contribution in [0.2, 0.25) is 0 Å². The van der Waals surface area contributed by atoms with Gasteiger partial charge in [-0.2, -0.15) is 0 Å². The van der Waals surface area contributed by atoms with Crippen LogP contribution >= 0.6 is 11.6 Å². The number of aryl methyl sites for hydroxylation is 1. The van der Waals surface area contributed by atoms with Crippen LogP contribution in [0.15, 0.2) is 66.7 Å². The second-order valence-corrected chi connectivity index (χ2v) is 22.0. The molecule has 4 atom stereocenters. The minimum Gasteiger partial charge on any atom is -0.493 e. The first-order chi connectivity index (χ1) is 41.5. The van der Waals surface area contributed by atoms with Crippen molar-refractivity contribution in [3.05, 3.63) is 89.1 Å². The number of amides is 9. The molecule has 1 fully saturated rings. The number of aromatic nitrogens is 1. The summed E-state index contributed by atoms with van der Waals surface area (Å²) in [7, 11) is 9.05. The number of Topliss-reactive ketones (excluding diaryl/α,β-unsaturated/α-hetero) is 1. The second-order valence-electron chi connectivity index (χ2n) is 21.7. The molecule has 1 saturated heterocycles. The normalized spacial score (nSPS) is 15.0. The lowest BCUT2D eigenvalue weighted by Crippen LogP contribution is -2.46. The quantitative estimate of drug-likeness (QED) is 0.0193. The molecule has 24 nitrogen and oxygen atoms in total. The number of urea groups is 1. The van der Waals surface area contributed by atoms with Gasteiger partial charge in [0.05, 0.1) is 59.8 Å². The summed E-state index contributed by atoms with van der Waals surface area (Å²) in [6, 6.07) is 19.1. The number of methoxy groups -OCH3 is 4. The molecule has 7 rings (SSSR count). The number of rotatable bonds is 27. The average Bonchev–Trinajstić information content (AvgIpc) is 1.72. The van der Waals surface area contributed by atoms with Crippen LogP contribution in [0.4, 0.5) is 25.8 Å². The van der Waals surface area contributed by atoms with Gasteiger partial charge in [-0.15, -0.1) is 11.6 Å². The number of likely N-dealkylation sites (tertiary alicyclic amines) is 1. The summed E-state index contributed by atoms with van der Waals surface area (Å²) in [5.74, 6) is -1.25. The van der Waals surface area contributed by atoms with E-state index in [-0.39, 0.29) is 113 Å². The van der Waals surface area contributed by atoms with Crippen LogP contribution in [0.25, 0.3) is 21.7 Å². The molecule has 0 bridgehead atoms. The van der Waals surface area contributed by atoms with Crippen molar-refractivity contribution < 1.29 is 71.6 Å². The average molecular weight is 1230 g/mol. The number of likely N-dealkylation sites (N-methyl/N-ethyl adjacent to an activating group) is 2. The zero-order valence-corrected chi connectivity index (χ0v) is 51.8. The summed E-state index contributed by atoms with van der Waals surface area (Å²) >= 11 is 6.37. The smallest absolute Gasteiger partial charge is 0.409 e. The van der Waals surface area contributed by atoms with Crippen LogP contribution in [-0.2, 0) is 44.8 Å². The summed E-state index contributed by atoms with van der Waals surface area (Å²) in [6.07, 6.45) is -0.587. The molecule has 9 amide bonds. The molecular weight excluding hydrogens is 1150 g/mol. The number of benzene rings is 4. The lowest BCUT2D eigenvalue weighted by atomic mass is 9.89. The van der Waals surface area contributed by atoms with Gasteiger partial charge in [0.15, 0.2) is 17.3 Å². The van der Waals surface area contributed by atoms with Gasteiger partial charge in [0.25, 0.3) is 5.91 Å². The van der Waals surface area contributed by atoms with Gasteiger partial charge in [-0.05, 0) is 83.5 Å². The van der Waals surface area contributed by atoms with Gasteiger partial charge in [-0.3, -0.25) is 33.7 Å². The second kappa shape index (κ2) is 31.7. The Hall–Kier alpha value is -8.64. The van der Waals surface area contributed by atoms with Crippen molar-refractivity contribution in [2.75, 3.05) is 105 Å². The number of hydrogen-bond donors (Lipinski definition) is 5. The van der Waals surface area contributed by atoms with Gasteiger partial charge in [0, 0.05) is 99.9 Å². The van der Waals surface area contributed by atoms with Gasteiger partial charge in [-0.25, -0.2) is 14.4 Å². The number of carbonyl (C=O) groups excluding carboxylic acids is 9. The molecule has 0 spiro atoms. The third-order valence-corrected chi connectivity index (χ3v) is 15.6. The molecule has 0 saturated carbocycles. The maximum atomic E-state index is 13.7. The van der Waals surface area contributed by atoms with E-state index in [0.29, 0.717) is 58.6 Å². The SMILES string of the molecule is COC(=O)N(C)CCN(C)C(=O)OCc1ccc(NC(=O)[C@H](CCCNC(N)=O)CC(=O)[C@@H](NC(=O)CCOCCN2C(=O)CC(C)C2=O)C(C)C)cc1.COc1cc2cc(C(=O)N3C[C@@H](CCl)c4c3cc(C)c3ccccc43)[nH]c2c(OC)c1OC. The number of H-pyrrole nitrogens is 1. The Balaban J connectivity index is 0.000000309. The highest BCUT2D eigenvalue weighted by Crippen LogP contribution is 2.46. The lowest BCUT2D eigenvalue weighted by molar-refractivity contribution is -0.140. The summed E-state index contributed by atoms with van der Waals surface area (Å²) < 4.78 is 32.0. The van der Waals surface area contributed by atoms with E-state index >= 15 is 0 Å². The van der Waals surface area contributed by atoms with Crippen molar-refractivity contribution in [2.24, 2.45) is 23.5 Å². The minimum atomic E-state index is -0.882. The first-order valence-corrected chi connectivity index (χ1v) is 29.1. The Morgan fingerprint density at radius 1 is 0.862 bits per heavy atom. The topological polar surface area (TPSA) is 300 Å². The van der Waals surface area contributed by atoms with E-state index in [2.05, 4.69) is 50.8 Å². The number of anilines is 2. The van der Waals surface area contributed by atoms with E-state index in [1.165, 1.54) is 22.3 Å². The lowest BCUT2D eigenvalue weighted by Gasteiger charge is -2.24. The summed E-state index contributed by atoms with van der Waals surface area (Å²) in [5.41, 5.74) is 10.6. The van der Waals surface area contributed by atoms with Crippen molar-refractivity contribution in [1.29, 1.82) is 0 Å². The predicted molar refractivity (Wildman–Crippen MR) is 327 cm³/mol. The summed E-state index contributed by atoms with van der Waals surface area (Å²) in [4.78, 5) is 121. The fourth-order valence-electron chi connectivity index (χ4n) is 10.4. The van der Waals surface area contributed by atoms with Crippen molar-refractivity contribution in [3.8, 4) is 17.2 Å². The highest BCUT2D eigenvalue weighted by Gasteiger charge is 2.37. The van der Waals surface area contributed by atoms with E-state index in [1.807, 2.05) is 29.2 Å². The van der Waals surface area contributed by atoms with E-state index in [1.54, 1.807) is 80.5 Å². The molecule has 0 radical (unpaired) electrons. The number of aromatic amines is 1. The zero-order chi connectivity index (χ0) is 63.6. The number of primary amides is 1. The van der Waals surface area contributed by atoms with Crippen LogP contribution in [0.1, 0.15) is 86.0 Å². The Morgan fingerprint density at radius 2 is 1.54 bits per heavy atom. The number of alkyl halides is 1. The Morgan fingerprint density at radius 3 is 2.15 bits per heavy atom. The highest BCUT2D eigenvalue weighted by atomic mass is 35.5. The minimum absolute atomic E-state index is 0.0169. The maximum absolute atomic E-state index is 13.7. The van der Waals surface area contributed by atoms with Crippen molar-refractivity contribution in [2.45, 2.75) is 78.4 Å². The van der Waals surface area contributed by atoms with Gasteiger partial charge >= 0.3 is 18.2 Å². The van der Waals surface area contributed by atoms with Crippen LogP contribution in [0, 0.1) is 24.7 Å². The van der Waals surface area contributed by atoms with Crippen LogP contribution in [0.3, 0.4) is 0 Å². The molecule has 5 aromatic rings. The fourth-order valence-corrected chi connectivity index (χ4v) is 10.6. The monoisotopic (exact) mass is 1230 g/mol. The van der Waals surface area contributed by atoms with Crippen LogP contribution in [-0.4, -0.2) is 174 Å². The molecular formula is C62H80ClN9O15. The van der Waals surface area contributed by atoms with Crippen LogP contribution in [0.5, 0.6) is 17.2 Å². The number of ketones is 1. The first-order valence-electron chi connectivity index (χ1n) is 28.6. The molecule has 0 aliphatic carbocycles. The van der Waals surface area contributed by atoms with E-state index in [9.17, 15) is 43.2 Å². The van der Waals surface area contributed by atoms with Crippen LogP contribution < -0.4 is 40.8 Å². The molecule has 3 heterocycles. The zero-order valence-electron chi connectivity index (χ0n) is 51.0. The van der Waals surface area contributed by atoms with E-state index < -0.39 is 42.0 Å². The number of ether oxygens (including phenoxy) is 6. The molecule has 470 valence electrons. The van der Waals surface area contributed by atoms with Gasteiger partial charge in [0.2, 0.25) is 29.4 Å². The van der Waals surface area contributed by atoms with Gasteiger partial charge < -0.3 is 69.8 Å². The largest absolute Gasteiger partial charge is 0.493 e. The van der Waals surface area contributed by atoms with E-state index in [0.717, 1.165) is 32.5 Å². The number of nitrogens with two attached hydrogens (primary N) is 1. The number of nitrogens with zero attached hydrogens (tertiary/aromatic N) is 4. The number of carbonyl (C=O) groups is 9. The summed E-state index contributed by atoms with van der Waals surface area (Å²) in [6.45, 7) is 8.68. The Kier molecular flexibility index (Phi) is 24.6. The molecule has 2 aliphatic heterocycles. The summed E-state index contributed by atoms with van der Waals surface area (Å²) in [5, 5.41) is 11.2. The molecule has 25 heteroatoms. The van der Waals surface area contributed by atoms with Crippen molar-refractivity contribution in [3.63, 3.8) is 0 Å². The number of halogens is 1. The third-order valence-electron chi connectivity index (χ3n) is 15.2. The van der Waals surface area contributed by atoms with Gasteiger partial charge in [-0.1, -0.05) is 57.2 Å². The highest BCUT2D eigenvalue weighted by molar-refractivity contribution is 6.19. The van der Waals surface area contributed by atoms with E-state index in [4.69, 9.17) is 41.0 Å². The molecule has 1 aromatic heterocycles. The molecule has 6 N–H and O–H groups in total. The standard InChI is InChI=1S/C36H55N7O11.C26H25ClN2O4/c1-23(2)31(40-29(45)13-18-53-19-17-43-30(46)20-24(3)33(43)48)28(44)21-26(8-7-14-38-34(37)49)32(47)39-27-11-9-25(10-12-27)22-54-36(51)42(5)16-15-41(4)35(50)52-6;1-14-9-20-22(18-8-6-5-7-17(14)18)16(12-27)13-29(20)26(30)19-10-15-11-21(31-2)24(32-3)25(33-4)23(15)28-19/h9-12,23-24,26,31H,7-8,13-22H2,1-6H3,(H,39,47)(H,40,45)(H3,37,38,49);5-11,16,28H,12-13H2,1-4H3/t24?,26-,31+;16-/m11/s1. The number of hydrogen-bond acceptors (Lipinski definition) is 15. The predicted octanol–water partition coefficient (Wildman–Crippen LogP) is 7.50. The maximum Gasteiger partial charge on any atom is 0.409 e. The third kappa shape index (κ3) is 17.3. The number of fused-ring (bicyclic) bond motifs is 4. The fraction of sp³-hybridized carbons (Fsp3) is 0.468. The number of nitrogens with one attached hydrogen (secondary N) is 4. The Labute approximate surface area is 510 Å². The molecule has 2 aliphatic rings. The molecule has 4 aromatic carbocycles. The first kappa shape index (κ1) is 67.5. The molecule has 87 heavy (non-hydrogen) atoms. The van der Waals surface area contributed by atoms with Crippen molar-refractivity contribution in [1.82, 2.24) is 30.3 Å². The number of imide groups is 1. The molecule has 1 unspecified atom stereocenters. The van der Waals surface area contributed by atoms with Crippen molar-refractivity contribution >= 4 is 98.2 Å².